The summed E-state index contributed by atoms with van der Waals surface area (Å²) in [6, 6.07) is 0. The number of rotatable bonds is 7. The summed E-state index contributed by atoms with van der Waals surface area (Å²) in [6.45, 7) is 10.9. The number of amides is 2. The van der Waals surface area contributed by atoms with Crippen molar-refractivity contribution in [2.45, 2.75) is 60.1 Å². The average molecular weight is 338 g/mol. The van der Waals surface area contributed by atoms with Crippen LogP contribution in [0.2, 0.25) is 0 Å². The smallest absolute Gasteiger partial charge is 0.236 e. The molecular formula is C17H26N2O3S. The van der Waals surface area contributed by atoms with E-state index in [4.69, 9.17) is 4.74 Å². The van der Waals surface area contributed by atoms with E-state index >= 15 is 0 Å². The van der Waals surface area contributed by atoms with Crippen LogP contribution in [-0.4, -0.2) is 28.3 Å². The summed E-state index contributed by atoms with van der Waals surface area (Å²) in [4.78, 5) is 30.8. The highest BCUT2D eigenvalue weighted by molar-refractivity contribution is 7.09. The third kappa shape index (κ3) is 3.98. The number of carbonyl (C=O) groups is 2. The van der Waals surface area contributed by atoms with E-state index in [0.29, 0.717) is 18.9 Å². The lowest BCUT2D eigenvalue weighted by Crippen LogP contribution is -2.34. The molecule has 1 aliphatic rings. The van der Waals surface area contributed by atoms with Crippen molar-refractivity contribution in [1.82, 2.24) is 9.88 Å². The van der Waals surface area contributed by atoms with Crippen LogP contribution in [0.1, 0.15) is 64.3 Å². The molecule has 0 N–H and O–H groups in total. The van der Waals surface area contributed by atoms with Gasteiger partial charge in [0, 0.05) is 18.4 Å². The normalized spacial score (nSPS) is 23.1. The molecule has 0 aromatic carbocycles. The summed E-state index contributed by atoms with van der Waals surface area (Å²) in [6.07, 6.45) is 0.976. The van der Waals surface area contributed by atoms with Gasteiger partial charge in [0.1, 0.15) is 11.1 Å². The van der Waals surface area contributed by atoms with Gasteiger partial charge in [0.05, 0.1) is 17.7 Å². The summed E-state index contributed by atoms with van der Waals surface area (Å²) >= 11 is 1.51. The minimum atomic E-state index is -0.567. The van der Waals surface area contributed by atoms with Crippen molar-refractivity contribution in [1.29, 1.82) is 0 Å². The minimum Gasteiger partial charge on any atom is -0.372 e. The number of ether oxygens (including phenoxy) is 1. The molecule has 1 aromatic heterocycles. The number of nitrogens with zero attached hydrogens (tertiary/aromatic N) is 2. The highest BCUT2D eigenvalue weighted by atomic mass is 32.1. The zero-order chi connectivity index (χ0) is 17.2. The van der Waals surface area contributed by atoms with Gasteiger partial charge in [0.2, 0.25) is 11.8 Å². The minimum absolute atomic E-state index is 0.0602. The number of hydrogen-bond acceptors (Lipinski definition) is 5. The SMILES string of the molecule is CCO[C@@H](C)c1nc(CN2C(=O)C[C@](C)(CC(C)C)C2=O)cs1. The Balaban J connectivity index is 2.08. The first-order valence-corrected chi connectivity index (χ1v) is 9.05. The maximum atomic E-state index is 12.7. The first-order chi connectivity index (χ1) is 10.8. The van der Waals surface area contributed by atoms with Gasteiger partial charge in [-0.1, -0.05) is 20.8 Å². The fourth-order valence-electron chi connectivity index (χ4n) is 3.23. The fourth-order valence-corrected chi connectivity index (χ4v) is 4.04. The maximum absolute atomic E-state index is 12.7. The molecule has 0 bridgehead atoms. The molecule has 0 radical (unpaired) electrons. The van der Waals surface area contributed by atoms with Crippen molar-refractivity contribution < 1.29 is 14.3 Å². The van der Waals surface area contributed by atoms with E-state index in [2.05, 4.69) is 18.8 Å². The molecule has 0 saturated carbocycles. The van der Waals surface area contributed by atoms with Crippen molar-refractivity contribution in [3.63, 3.8) is 0 Å². The van der Waals surface area contributed by atoms with Crippen LogP contribution in [-0.2, 0) is 20.9 Å². The Morgan fingerprint density at radius 3 is 2.70 bits per heavy atom. The molecule has 2 rings (SSSR count). The van der Waals surface area contributed by atoms with Gasteiger partial charge in [0.15, 0.2) is 0 Å². The van der Waals surface area contributed by atoms with Crippen LogP contribution in [0.5, 0.6) is 0 Å². The Morgan fingerprint density at radius 2 is 2.09 bits per heavy atom. The van der Waals surface area contributed by atoms with Crippen molar-refractivity contribution in [3.8, 4) is 0 Å². The summed E-state index contributed by atoms with van der Waals surface area (Å²) in [5, 5.41) is 2.79. The molecule has 1 fully saturated rings. The van der Waals surface area contributed by atoms with Gasteiger partial charge in [-0.3, -0.25) is 14.5 Å². The van der Waals surface area contributed by atoms with Crippen molar-refractivity contribution >= 4 is 23.2 Å². The molecule has 2 heterocycles. The summed E-state index contributed by atoms with van der Waals surface area (Å²) < 4.78 is 5.53. The molecule has 1 saturated heterocycles. The van der Waals surface area contributed by atoms with Crippen molar-refractivity contribution in [2.75, 3.05) is 6.61 Å². The van der Waals surface area contributed by atoms with E-state index in [1.54, 1.807) is 0 Å². The summed E-state index contributed by atoms with van der Waals surface area (Å²) in [7, 11) is 0. The number of hydrogen-bond donors (Lipinski definition) is 0. The van der Waals surface area contributed by atoms with Crippen LogP contribution in [0.25, 0.3) is 0 Å². The van der Waals surface area contributed by atoms with Crippen LogP contribution >= 0.6 is 11.3 Å². The molecule has 6 heteroatoms. The largest absolute Gasteiger partial charge is 0.372 e. The lowest BCUT2D eigenvalue weighted by Gasteiger charge is -2.23. The Morgan fingerprint density at radius 1 is 1.39 bits per heavy atom. The average Bonchev–Trinajstić information content (AvgIpc) is 2.98. The van der Waals surface area contributed by atoms with E-state index in [9.17, 15) is 9.59 Å². The molecule has 5 nitrogen and oxygen atoms in total. The number of carbonyl (C=O) groups excluding carboxylic acids is 2. The van der Waals surface area contributed by atoms with Gasteiger partial charge in [-0.25, -0.2) is 4.98 Å². The molecule has 2 atom stereocenters. The van der Waals surface area contributed by atoms with Crippen molar-refractivity contribution in [2.24, 2.45) is 11.3 Å². The Hall–Kier alpha value is -1.27. The van der Waals surface area contributed by atoms with Crippen LogP contribution in [0.15, 0.2) is 5.38 Å². The van der Waals surface area contributed by atoms with Crippen molar-refractivity contribution in [3.05, 3.63) is 16.1 Å². The highest BCUT2D eigenvalue weighted by Gasteiger charge is 2.48. The number of likely N-dealkylation sites (tertiary alicyclic amines) is 1. The topological polar surface area (TPSA) is 59.5 Å². The molecule has 0 aliphatic carbocycles. The molecule has 0 spiro atoms. The Labute approximate surface area is 142 Å². The molecule has 0 unspecified atom stereocenters. The highest BCUT2D eigenvalue weighted by Crippen LogP contribution is 2.39. The molecule has 2 amide bonds. The van der Waals surface area contributed by atoms with Gasteiger partial charge in [0.25, 0.3) is 0 Å². The first kappa shape index (κ1) is 18.1. The quantitative estimate of drug-likeness (QED) is 0.713. The van der Waals surface area contributed by atoms with Crippen LogP contribution in [0.4, 0.5) is 0 Å². The van der Waals surface area contributed by atoms with E-state index in [1.807, 2.05) is 26.2 Å². The molecule has 1 aromatic rings. The van der Waals surface area contributed by atoms with Gasteiger partial charge < -0.3 is 4.74 Å². The number of imide groups is 1. The molecular weight excluding hydrogens is 312 g/mol. The van der Waals surface area contributed by atoms with E-state index < -0.39 is 5.41 Å². The number of thiazole rings is 1. The zero-order valence-corrected chi connectivity index (χ0v) is 15.4. The summed E-state index contributed by atoms with van der Waals surface area (Å²) in [5.74, 6) is 0.226. The lowest BCUT2D eigenvalue weighted by molar-refractivity contribution is -0.142. The standard InChI is InChI=1S/C17H26N2O3S/c1-6-22-12(4)15-18-13(10-23-15)9-19-14(20)8-17(5,16(19)21)7-11(2)3/h10-12H,6-9H2,1-5H3/t12-,17-/m0/s1. The van der Waals surface area contributed by atoms with Crippen LogP contribution < -0.4 is 0 Å². The summed E-state index contributed by atoms with van der Waals surface area (Å²) in [5.41, 5.74) is 0.190. The van der Waals surface area contributed by atoms with E-state index in [1.165, 1.54) is 16.2 Å². The van der Waals surface area contributed by atoms with Gasteiger partial charge >= 0.3 is 0 Å². The number of aromatic nitrogens is 1. The molecule has 23 heavy (non-hydrogen) atoms. The maximum Gasteiger partial charge on any atom is 0.236 e. The molecule has 1 aliphatic heterocycles. The monoisotopic (exact) mass is 338 g/mol. The molecule has 128 valence electrons. The van der Waals surface area contributed by atoms with Gasteiger partial charge in [-0.05, 0) is 26.2 Å². The third-order valence-corrected chi connectivity index (χ3v) is 5.17. The third-order valence-electron chi connectivity index (χ3n) is 4.12. The Kier molecular flexibility index (Phi) is 5.57. The fraction of sp³-hybridized carbons (Fsp3) is 0.706. The van der Waals surface area contributed by atoms with Gasteiger partial charge in [-0.2, -0.15) is 0 Å². The van der Waals surface area contributed by atoms with Crippen LogP contribution in [0, 0.1) is 11.3 Å². The predicted molar refractivity (Wildman–Crippen MR) is 89.9 cm³/mol. The second-order valence-corrected chi connectivity index (χ2v) is 7.78. The first-order valence-electron chi connectivity index (χ1n) is 8.17. The zero-order valence-electron chi connectivity index (χ0n) is 14.6. The Bertz CT molecular complexity index is 584. The lowest BCUT2D eigenvalue weighted by atomic mass is 9.80. The van der Waals surface area contributed by atoms with Crippen LogP contribution in [0.3, 0.4) is 0 Å². The second kappa shape index (κ2) is 7.09. The second-order valence-electron chi connectivity index (χ2n) is 6.90. The van der Waals surface area contributed by atoms with Gasteiger partial charge in [-0.15, -0.1) is 11.3 Å². The van der Waals surface area contributed by atoms with E-state index in [-0.39, 0.29) is 24.5 Å². The predicted octanol–water partition coefficient (Wildman–Crippen LogP) is 3.55. The van der Waals surface area contributed by atoms with E-state index in [0.717, 1.165) is 17.1 Å².